The van der Waals surface area contributed by atoms with Gasteiger partial charge in [0.15, 0.2) is 11.6 Å². The van der Waals surface area contributed by atoms with Crippen LogP contribution in [0.25, 0.3) is 21.9 Å². The number of para-hydroxylation sites is 3. The summed E-state index contributed by atoms with van der Waals surface area (Å²) in [6.07, 6.45) is 5.44. The van der Waals surface area contributed by atoms with Crippen LogP contribution in [0, 0.1) is 0 Å². The van der Waals surface area contributed by atoms with Crippen LogP contribution in [0.3, 0.4) is 0 Å². The van der Waals surface area contributed by atoms with E-state index in [0.29, 0.717) is 23.4 Å². The summed E-state index contributed by atoms with van der Waals surface area (Å²) in [4.78, 5) is 12.4. The fraction of sp³-hybridized carbons (Fsp3) is 0.136. The molecule has 0 aliphatic rings. The van der Waals surface area contributed by atoms with Crippen LogP contribution in [0.2, 0.25) is 0 Å². The van der Waals surface area contributed by atoms with Crippen molar-refractivity contribution < 1.29 is 8.42 Å². The van der Waals surface area contributed by atoms with E-state index in [1.54, 1.807) is 13.1 Å². The molecule has 0 saturated carbocycles. The molecule has 5 aromatic rings. The van der Waals surface area contributed by atoms with Gasteiger partial charge in [-0.05, 0) is 30.2 Å². The van der Waals surface area contributed by atoms with Crippen LogP contribution >= 0.6 is 0 Å². The Kier molecular flexibility index (Phi) is 4.98. The number of H-pyrrole nitrogens is 1. The quantitative estimate of drug-likeness (QED) is 0.352. The summed E-state index contributed by atoms with van der Waals surface area (Å²) >= 11 is 0. The maximum absolute atomic E-state index is 12.8. The minimum absolute atomic E-state index is 0.0553. The number of aromatic nitrogens is 5. The van der Waals surface area contributed by atoms with Gasteiger partial charge in [0, 0.05) is 36.9 Å². The lowest BCUT2D eigenvalue weighted by Gasteiger charge is -2.13. The van der Waals surface area contributed by atoms with E-state index in [9.17, 15) is 8.42 Å². The molecule has 10 heteroatoms. The first-order valence-electron chi connectivity index (χ1n) is 10.1. The van der Waals surface area contributed by atoms with Crippen molar-refractivity contribution in [2.45, 2.75) is 11.3 Å². The number of anilines is 2. The average Bonchev–Trinajstić information content (AvgIpc) is 3.41. The third-order valence-corrected chi connectivity index (χ3v) is 6.45. The SMILES string of the molecule is Cn1cc(S(=O)(=O)Nc2nc3ccccc3nc2NCCc2c[nH]c3ccccc23)cn1. The predicted molar refractivity (Wildman–Crippen MR) is 124 cm³/mol. The molecule has 0 bridgehead atoms. The number of aromatic amines is 1. The Bertz CT molecular complexity index is 1520. The average molecular weight is 448 g/mol. The lowest BCUT2D eigenvalue weighted by molar-refractivity contribution is 0.601. The smallest absolute Gasteiger partial charge is 0.266 e. The van der Waals surface area contributed by atoms with E-state index in [1.807, 2.05) is 42.6 Å². The summed E-state index contributed by atoms with van der Waals surface area (Å²) < 4.78 is 29.7. The third-order valence-electron chi connectivity index (χ3n) is 5.15. The van der Waals surface area contributed by atoms with Crippen LogP contribution in [-0.4, -0.2) is 39.7 Å². The van der Waals surface area contributed by atoms with Crippen molar-refractivity contribution in [2.24, 2.45) is 7.05 Å². The van der Waals surface area contributed by atoms with Crippen molar-refractivity contribution >= 4 is 43.6 Å². The second-order valence-electron chi connectivity index (χ2n) is 7.40. The minimum atomic E-state index is -3.86. The van der Waals surface area contributed by atoms with Gasteiger partial charge in [-0.15, -0.1) is 0 Å². The largest absolute Gasteiger partial charge is 0.367 e. The molecule has 0 saturated heterocycles. The molecule has 0 fully saturated rings. The van der Waals surface area contributed by atoms with Crippen LogP contribution in [0.1, 0.15) is 5.56 Å². The molecule has 162 valence electrons. The van der Waals surface area contributed by atoms with E-state index in [2.05, 4.69) is 36.2 Å². The van der Waals surface area contributed by atoms with Gasteiger partial charge in [-0.1, -0.05) is 30.3 Å². The maximum atomic E-state index is 12.8. The zero-order valence-corrected chi connectivity index (χ0v) is 18.1. The lowest BCUT2D eigenvalue weighted by Crippen LogP contribution is -2.17. The topological polar surface area (TPSA) is 118 Å². The molecule has 3 N–H and O–H groups in total. The molecule has 0 amide bonds. The Morgan fingerprint density at radius 1 is 1.00 bits per heavy atom. The molecule has 32 heavy (non-hydrogen) atoms. The van der Waals surface area contributed by atoms with E-state index >= 15 is 0 Å². The summed E-state index contributed by atoms with van der Waals surface area (Å²) in [7, 11) is -2.20. The standard InChI is InChI=1S/C22H21N7O2S/c1-29-14-16(13-25-29)32(30,31)28-22-21(26-19-8-4-5-9-20(19)27-22)23-11-10-15-12-24-18-7-3-2-6-17(15)18/h2-9,12-14,24H,10-11H2,1H3,(H,23,26)(H,27,28). The molecule has 0 radical (unpaired) electrons. The number of nitrogens with zero attached hydrogens (tertiary/aromatic N) is 4. The fourth-order valence-electron chi connectivity index (χ4n) is 3.57. The van der Waals surface area contributed by atoms with Crippen LogP contribution in [-0.2, 0) is 23.5 Å². The summed E-state index contributed by atoms with van der Waals surface area (Å²) in [5.41, 5.74) is 3.52. The van der Waals surface area contributed by atoms with E-state index < -0.39 is 10.0 Å². The number of rotatable bonds is 7. The summed E-state index contributed by atoms with van der Waals surface area (Å²) in [5, 5.41) is 8.36. The number of sulfonamides is 1. The zero-order valence-electron chi connectivity index (χ0n) is 17.3. The van der Waals surface area contributed by atoms with Gasteiger partial charge in [-0.2, -0.15) is 5.10 Å². The van der Waals surface area contributed by atoms with E-state index in [1.165, 1.54) is 22.6 Å². The number of aryl methyl sites for hydroxylation is 1. The van der Waals surface area contributed by atoms with E-state index in [-0.39, 0.29) is 10.7 Å². The normalized spacial score (nSPS) is 11.8. The fourth-order valence-corrected chi connectivity index (χ4v) is 4.56. The first kappa shape index (κ1) is 20.0. The van der Waals surface area contributed by atoms with Gasteiger partial charge in [0.2, 0.25) is 0 Å². The highest BCUT2D eigenvalue weighted by Crippen LogP contribution is 2.25. The van der Waals surface area contributed by atoms with Gasteiger partial charge in [-0.25, -0.2) is 18.4 Å². The van der Waals surface area contributed by atoms with Gasteiger partial charge in [0.25, 0.3) is 10.0 Å². The molecular weight excluding hydrogens is 426 g/mol. The molecule has 2 aromatic carbocycles. The highest BCUT2D eigenvalue weighted by atomic mass is 32.2. The first-order valence-corrected chi connectivity index (χ1v) is 11.5. The second-order valence-corrected chi connectivity index (χ2v) is 9.08. The molecule has 0 unspecified atom stereocenters. The predicted octanol–water partition coefficient (Wildman–Crippen LogP) is 3.30. The Morgan fingerprint density at radius 3 is 2.47 bits per heavy atom. The molecular formula is C22H21N7O2S. The van der Waals surface area contributed by atoms with Crippen LogP contribution in [0.4, 0.5) is 11.6 Å². The summed E-state index contributed by atoms with van der Waals surface area (Å²) in [6.45, 7) is 0.552. The van der Waals surface area contributed by atoms with Gasteiger partial charge >= 0.3 is 0 Å². The summed E-state index contributed by atoms with van der Waals surface area (Å²) in [6, 6.07) is 15.4. The van der Waals surface area contributed by atoms with Crippen LogP contribution < -0.4 is 10.0 Å². The number of nitrogens with one attached hydrogen (secondary N) is 3. The molecule has 0 aliphatic heterocycles. The Morgan fingerprint density at radius 2 is 1.72 bits per heavy atom. The zero-order chi connectivity index (χ0) is 22.1. The number of benzene rings is 2. The molecule has 3 aromatic heterocycles. The third kappa shape index (κ3) is 3.87. The first-order chi connectivity index (χ1) is 15.5. The molecule has 0 atom stereocenters. The maximum Gasteiger partial charge on any atom is 0.266 e. The van der Waals surface area contributed by atoms with Crippen LogP contribution in [0.15, 0.2) is 72.0 Å². The highest BCUT2D eigenvalue weighted by Gasteiger charge is 2.20. The van der Waals surface area contributed by atoms with Crippen molar-refractivity contribution in [2.75, 3.05) is 16.6 Å². The monoisotopic (exact) mass is 447 g/mol. The lowest BCUT2D eigenvalue weighted by atomic mass is 10.1. The van der Waals surface area contributed by atoms with Crippen molar-refractivity contribution in [3.63, 3.8) is 0 Å². The Labute approximate surface area is 184 Å². The highest BCUT2D eigenvalue weighted by molar-refractivity contribution is 7.92. The number of hydrogen-bond donors (Lipinski definition) is 3. The van der Waals surface area contributed by atoms with E-state index in [0.717, 1.165) is 17.3 Å². The minimum Gasteiger partial charge on any atom is -0.367 e. The van der Waals surface area contributed by atoms with E-state index in [4.69, 9.17) is 0 Å². The Hall–Kier alpha value is -3.92. The van der Waals surface area contributed by atoms with Gasteiger partial charge in [0.05, 0.1) is 17.2 Å². The number of hydrogen-bond acceptors (Lipinski definition) is 6. The molecule has 3 heterocycles. The summed E-state index contributed by atoms with van der Waals surface area (Å²) in [5.74, 6) is 0.516. The van der Waals surface area contributed by atoms with Crippen molar-refractivity contribution in [3.05, 3.63) is 72.7 Å². The molecule has 5 rings (SSSR count). The van der Waals surface area contributed by atoms with Crippen molar-refractivity contribution in [3.8, 4) is 0 Å². The molecule has 0 spiro atoms. The van der Waals surface area contributed by atoms with Gasteiger partial charge < -0.3 is 10.3 Å². The Balaban J connectivity index is 1.43. The van der Waals surface area contributed by atoms with Crippen LogP contribution in [0.5, 0.6) is 0 Å². The molecule has 9 nitrogen and oxygen atoms in total. The van der Waals surface area contributed by atoms with Gasteiger partial charge in [-0.3, -0.25) is 9.40 Å². The number of fused-ring (bicyclic) bond motifs is 2. The van der Waals surface area contributed by atoms with Gasteiger partial charge in [0.1, 0.15) is 4.90 Å². The second kappa shape index (κ2) is 7.97. The van der Waals surface area contributed by atoms with Crippen molar-refractivity contribution in [1.82, 2.24) is 24.7 Å². The molecule has 0 aliphatic carbocycles. The van der Waals surface area contributed by atoms with Crippen molar-refractivity contribution in [1.29, 1.82) is 0 Å².